The van der Waals surface area contributed by atoms with E-state index in [0.717, 1.165) is 5.56 Å². The molecule has 7 radical (unpaired) electrons. The predicted molar refractivity (Wildman–Crippen MR) is 117 cm³/mol. The van der Waals surface area contributed by atoms with Crippen LogP contribution in [0, 0.1) is 43.4 Å². The molecule has 1 aromatic rings. The van der Waals surface area contributed by atoms with Gasteiger partial charge in [-0.2, -0.15) is 5.11 Å². The molecule has 0 aliphatic heterocycles. The minimum absolute atomic E-state index is 0. The Balaban J connectivity index is 0. The Bertz CT molecular complexity index is 653. The van der Waals surface area contributed by atoms with Crippen molar-refractivity contribution in [1.82, 2.24) is 0 Å². The molecule has 1 aromatic carbocycles. The number of hydrogen-bond donors (Lipinski definition) is 0. The zero-order valence-electron chi connectivity index (χ0n) is 17.2. The monoisotopic (exact) mass is 572 g/mol. The van der Waals surface area contributed by atoms with Gasteiger partial charge in [0.25, 0.3) is 0 Å². The SMILES string of the molecule is C[C]1[CH][CH][C](C(C)C)[CH][CH]1.C[N-]C(=S)[N-]/N=C/c1ccccc1.F[P-](F)(F)(F)(F)F.[Ru+3]. The first-order valence-corrected chi connectivity index (χ1v) is 11.0. The Kier molecular flexibility index (Phi) is 13.6. The van der Waals surface area contributed by atoms with Gasteiger partial charge in [0, 0.05) is 6.21 Å². The van der Waals surface area contributed by atoms with Crippen LogP contribution in [0.5, 0.6) is 0 Å². The Morgan fingerprint density at radius 1 is 0.968 bits per heavy atom. The summed E-state index contributed by atoms with van der Waals surface area (Å²) in [6.45, 7) is 6.54. The van der Waals surface area contributed by atoms with Crippen molar-refractivity contribution in [1.29, 1.82) is 0 Å². The molecule has 1 saturated carbocycles. The maximum absolute atomic E-state index is 10.7. The third-order valence-electron chi connectivity index (χ3n) is 3.08. The Morgan fingerprint density at radius 2 is 1.42 bits per heavy atom. The van der Waals surface area contributed by atoms with Gasteiger partial charge in [0.1, 0.15) is 0 Å². The molecule has 0 unspecified atom stereocenters. The van der Waals surface area contributed by atoms with Crippen LogP contribution in [0.4, 0.5) is 25.2 Å². The number of rotatable bonds is 3. The van der Waals surface area contributed by atoms with Crippen LogP contribution < -0.4 is 0 Å². The molecule has 0 spiro atoms. The number of hydrogen-bond acceptors (Lipinski definition) is 2. The van der Waals surface area contributed by atoms with Crippen molar-refractivity contribution >= 4 is 31.4 Å². The fourth-order valence-corrected chi connectivity index (χ4v) is 1.73. The standard InChI is InChI=1S/C10H14.C9H10N3S.F6P.Ru/c1-8(2)10-6-4-9(3)5-7-10;1-10-9(13)12-11-7-8-5-3-2-4-6-8;1-7(2,3,4,5)6;/h4-8H,1-3H3;2-7H,1H3,(H-,10,12,13);;/q;2*-1;+3/p-1/b;11-7+;;. The van der Waals surface area contributed by atoms with Crippen molar-refractivity contribution in [2.45, 2.75) is 20.8 Å². The van der Waals surface area contributed by atoms with Crippen LogP contribution in [0.2, 0.25) is 0 Å². The summed E-state index contributed by atoms with van der Waals surface area (Å²) in [6.07, 6.45) is 10.3. The average Bonchev–Trinajstić information content (AvgIpc) is 2.61. The van der Waals surface area contributed by atoms with Gasteiger partial charge in [0.05, 0.1) is 0 Å². The van der Waals surface area contributed by atoms with Gasteiger partial charge >= 0.3 is 52.5 Å². The van der Waals surface area contributed by atoms with Crippen LogP contribution in [0.15, 0.2) is 35.4 Å². The van der Waals surface area contributed by atoms with Gasteiger partial charge in [-0.1, -0.05) is 51.1 Å². The predicted octanol–water partition coefficient (Wildman–Crippen LogP) is 8.70. The van der Waals surface area contributed by atoms with Gasteiger partial charge < -0.3 is 15.8 Å². The second-order valence-corrected chi connectivity index (χ2v) is 8.57. The van der Waals surface area contributed by atoms with E-state index in [1.165, 1.54) is 11.8 Å². The van der Waals surface area contributed by atoms with Gasteiger partial charge in [-0.15, -0.1) is 19.3 Å². The molecular weight excluding hydrogens is 548 g/mol. The molecule has 0 atom stereocenters. The Morgan fingerprint density at radius 3 is 1.81 bits per heavy atom. The van der Waals surface area contributed by atoms with Crippen LogP contribution in [0.1, 0.15) is 26.3 Å². The van der Waals surface area contributed by atoms with E-state index in [1.54, 1.807) is 13.3 Å². The van der Waals surface area contributed by atoms with E-state index in [9.17, 15) is 25.2 Å². The third kappa shape index (κ3) is 25.4. The summed E-state index contributed by atoms with van der Waals surface area (Å²) in [5.41, 5.74) is 4.66. The van der Waals surface area contributed by atoms with Crippen molar-refractivity contribution in [3.8, 4) is 0 Å². The average molecular weight is 572 g/mol. The van der Waals surface area contributed by atoms with E-state index in [-0.39, 0.29) is 24.6 Å². The molecule has 2 rings (SSSR count). The largest absolute Gasteiger partial charge is 3.00 e. The van der Waals surface area contributed by atoms with Gasteiger partial charge in [-0.25, -0.2) is 0 Å². The molecule has 0 aromatic heterocycles. The van der Waals surface area contributed by atoms with E-state index in [1.807, 2.05) is 30.3 Å². The fourth-order valence-electron chi connectivity index (χ4n) is 1.68. The van der Waals surface area contributed by atoms with Crippen molar-refractivity contribution in [3.05, 3.63) is 84.2 Å². The molecule has 0 N–H and O–H groups in total. The number of halogens is 6. The molecule has 1 aliphatic carbocycles. The number of nitrogens with zero attached hydrogens (tertiary/aromatic N) is 3. The zero-order valence-corrected chi connectivity index (χ0v) is 20.6. The molecule has 12 heteroatoms. The Labute approximate surface area is 198 Å². The summed E-state index contributed by atoms with van der Waals surface area (Å²) in [6, 6.07) is 9.69. The first-order valence-electron chi connectivity index (χ1n) is 8.54. The van der Waals surface area contributed by atoms with Crippen LogP contribution in [0.3, 0.4) is 0 Å². The first-order chi connectivity index (χ1) is 13.5. The molecule has 31 heavy (non-hydrogen) atoms. The second-order valence-electron chi connectivity index (χ2n) is 6.29. The summed E-state index contributed by atoms with van der Waals surface area (Å²) in [5, 5.41) is 7.70. The normalized spacial score (nSPS) is 17.1. The minimum atomic E-state index is -10.7. The molecule has 0 bridgehead atoms. The fraction of sp³-hybridized carbons (Fsp3) is 0.263. The van der Waals surface area contributed by atoms with E-state index >= 15 is 0 Å². The van der Waals surface area contributed by atoms with Gasteiger partial charge in [0.2, 0.25) is 0 Å². The summed E-state index contributed by atoms with van der Waals surface area (Å²) >= 11 is 4.72. The summed E-state index contributed by atoms with van der Waals surface area (Å²) in [5.74, 6) is 3.41. The summed E-state index contributed by atoms with van der Waals surface area (Å²) in [7, 11) is -9.07. The maximum Gasteiger partial charge on any atom is 3.00 e. The van der Waals surface area contributed by atoms with Crippen molar-refractivity contribution in [2.24, 2.45) is 11.0 Å². The topological polar surface area (TPSA) is 40.6 Å². The third-order valence-corrected chi connectivity index (χ3v) is 3.35. The maximum atomic E-state index is 9.87. The second kappa shape index (κ2) is 13.0. The van der Waals surface area contributed by atoms with Crippen LogP contribution in [-0.4, -0.2) is 18.4 Å². The quantitative estimate of drug-likeness (QED) is 0.0894. The van der Waals surface area contributed by atoms with E-state index < -0.39 is 7.81 Å². The van der Waals surface area contributed by atoms with E-state index in [2.05, 4.69) is 62.3 Å². The Hall–Kier alpha value is -0.787. The van der Waals surface area contributed by atoms with E-state index in [0.29, 0.717) is 5.92 Å². The first kappa shape index (κ1) is 32.4. The van der Waals surface area contributed by atoms with Crippen molar-refractivity contribution in [2.75, 3.05) is 7.05 Å². The number of thiocarbonyl (C=S) groups is 1. The summed E-state index contributed by atoms with van der Waals surface area (Å²) < 4.78 is 59.2. The zero-order chi connectivity index (χ0) is 23.5. The van der Waals surface area contributed by atoms with Crippen molar-refractivity contribution in [3.63, 3.8) is 0 Å². The summed E-state index contributed by atoms with van der Waals surface area (Å²) in [4.78, 5) is 0. The van der Waals surface area contributed by atoms with Crippen molar-refractivity contribution < 1.29 is 44.7 Å². The van der Waals surface area contributed by atoms with Gasteiger partial charge in [-0.05, 0) is 49.0 Å². The molecule has 1 aliphatic rings. The molecule has 0 saturated heterocycles. The molecular formula is C19H23F6N3PRuS. The van der Waals surface area contributed by atoms with Crippen LogP contribution >= 0.6 is 20.0 Å². The van der Waals surface area contributed by atoms with E-state index in [4.69, 9.17) is 12.2 Å². The van der Waals surface area contributed by atoms with Crippen LogP contribution in [0.25, 0.3) is 10.7 Å². The smallest absolute Gasteiger partial charge is 3.00 e. The van der Waals surface area contributed by atoms with Crippen LogP contribution in [-0.2, 0) is 19.5 Å². The number of benzene rings is 1. The molecule has 175 valence electrons. The molecule has 3 nitrogen and oxygen atoms in total. The molecule has 0 amide bonds. The molecule has 0 heterocycles. The van der Waals surface area contributed by atoms with Gasteiger partial charge in [0.15, 0.2) is 0 Å². The van der Waals surface area contributed by atoms with Gasteiger partial charge in [-0.3, -0.25) is 0 Å². The molecule has 1 fully saturated rings. The minimum Gasteiger partial charge on any atom is 3.00 e.